The van der Waals surface area contributed by atoms with Crippen LogP contribution in [0.1, 0.15) is 23.2 Å². The Balaban J connectivity index is 1.73. The van der Waals surface area contributed by atoms with Crippen LogP contribution >= 0.6 is 0 Å². The van der Waals surface area contributed by atoms with Crippen molar-refractivity contribution < 1.29 is 14.0 Å². The molecule has 0 saturated heterocycles. The van der Waals surface area contributed by atoms with Crippen molar-refractivity contribution in [2.45, 2.75) is 18.9 Å². The number of nitrogens with one attached hydrogen (secondary N) is 2. The Kier molecular flexibility index (Phi) is 4.46. The number of nitrogens with zero attached hydrogens (tertiary/aromatic N) is 1. The minimum Gasteiger partial charge on any atom is -0.335 e. The van der Waals surface area contributed by atoms with E-state index >= 15 is 0 Å². The van der Waals surface area contributed by atoms with Gasteiger partial charge < -0.3 is 15.5 Å². The molecule has 1 aliphatic carbocycles. The molecule has 0 unspecified atom stereocenters. The molecule has 124 valence electrons. The maximum Gasteiger partial charge on any atom is 0.319 e. The Morgan fingerprint density at radius 3 is 2.58 bits per heavy atom. The summed E-state index contributed by atoms with van der Waals surface area (Å²) in [5.74, 6) is -0.821. The van der Waals surface area contributed by atoms with E-state index in [4.69, 9.17) is 0 Å². The molecule has 1 saturated carbocycles. The largest absolute Gasteiger partial charge is 0.335 e. The maximum absolute atomic E-state index is 13.8. The number of carbonyl (C=O) groups excluding carboxylic acids is 2. The molecule has 2 N–H and O–H groups in total. The molecule has 6 heteroatoms. The molecule has 3 amide bonds. The second-order valence-corrected chi connectivity index (χ2v) is 5.77. The third kappa shape index (κ3) is 3.71. The number of hydrogen-bond donors (Lipinski definition) is 2. The summed E-state index contributed by atoms with van der Waals surface area (Å²) in [5.41, 5.74) is 1.08. The predicted molar refractivity (Wildman–Crippen MR) is 90.8 cm³/mol. The summed E-state index contributed by atoms with van der Waals surface area (Å²) in [5, 5.41) is 5.52. The lowest BCUT2D eigenvalue weighted by atomic mass is 10.1. The molecular weight excluding hydrogens is 309 g/mol. The standard InChI is InChI=1S/C18H18FN3O2/c1-22(16-8-3-2-7-15(16)19)17(23)12-5-4-6-14(11-12)21-18(24)20-13-9-10-13/h2-8,11,13H,9-10H2,1H3,(H2,20,21,24). The first-order chi connectivity index (χ1) is 11.5. The number of rotatable bonds is 4. The van der Waals surface area contributed by atoms with Crippen molar-refractivity contribution in [3.05, 3.63) is 59.9 Å². The van der Waals surface area contributed by atoms with Crippen LogP contribution in [0.25, 0.3) is 0 Å². The molecule has 2 aromatic carbocycles. The summed E-state index contributed by atoms with van der Waals surface area (Å²) in [6, 6.07) is 12.6. The van der Waals surface area contributed by atoms with Crippen molar-refractivity contribution in [3.63, 3.8) is 0 Å². The molecule has 0 aliphatic heterocycles. The van der Waals surface area contributed by atoms with E-state index in [9.17, 15) is 14.0 Å². The molecule has 0 spiro atoms. The van der Waals surface area contributed by atoms with E-state index in [0.717, 1.165) is 12.8 Å². The molecule has 5 nitrogen and oxygen atoms in total. The third-order valence-electron chi connectivity index (χ3n) is 3.80. The van der Waals surface area contributed by atoms with Gasteiger partial charge in [0.05, 0.1) is 5.69 Å². The van der Waals surface area contributed by atoms with Gasteiger partial charge in [0.2, 0.25) is 0 Å². The first-order valence-corrected chi connectivity index (χ1v) is 7.75. The van der Waals surface area contributed by atoms with E-state index < -0.39 is 5.82 Å². The van der Waals surface area contributed by atoms with Gasteiger partial charge in [-0.1, -0.05) is 18.2 Å². The van der Waals surface area contributed by atoms with Crippen molar-refractivity contribution in [1.29, 1.82) is 0 Å². The van der Waals surface area contributed by atoms with Crippen molar-refractivity contribution in [1.82, 2.24) is 5.32 Å². The smallest absolute Gasteiger partial charge is 0.319 e. The summed E-state index contributed by atoms with van der Waals surface area (Å²) in [6.45, 7) is 0. The van der Waals surface area contributed by atoms with E-state index in [-0.39, 0.29) is 23.7 Å². The van der Waals surface area contributed by atoms with Gasteiger partial charge in [-0.15, -0.1) is 0 Å². The molecule has 0 aromatic heterocycles. The van der Waals surface area contributed by atoms with Crippen LogP contribution in [0.3, 0.4) is 0 Å². The second-order valence-electron chi connectivity index (χ2n) is 5.77. The van der Waals surface area contributed by atoms with Crippen molar-refractivity contribution in [3.8, 4) is 0 Å². The van der Waals surface area contributed by atoms with Crippen LogP contribution in [0, 0.1) is 5.82 Å². The van der Waals surface area contributed by atoms with Crippen LogP contribution in [0.15, 0.2) is 48.5 Å². The molecule has 0 radical (unpaired) electrons. The minimum absolute atomic E-state index is 0.201. The van der Waals surface area contributed by atoms with E-state index in [0.29, 0.717) is 11.3 Å². The number of hydrogen-bond acceptors (Lipinski definition) is 2. The lowest BCUT2D eigenvalue weighted by Gasteiger charge is -2.18. The molecular formula is C18H18FN3O2. The Labute approximate surface area is 139 Å². The van der Waals surface area contributed by atoms with Gasteiger partial charge in [0.15, 0.2) is 0 Å². The highest BCUT2D eigenvalue weighted by molar-refractivity contribution is 6.06. The van der Waals surface area contributed by atoms with Crippen LogP contribution < -0.4 is 15.5 Å². The van der Waals surface area contributed by atoms with Crippen LogP contribution in [-0.2, 0) is 0 Å². The molecule has 24 heavy (non-hydrogen) atoms. The maximum atomic E-state index is 13.8. The summed E-state index contributed by atoms with van der Waals surface area (Å²) in [4.78, 5) is 25.6. The highest BCUT2D eigenvalue weighted by Gasteiger charge is 2.23. The lowest BCUT2D eigenvalue weighted by Crippen LogP contribution is -2.30. The first kappa shape index (κ1) is 16.0. The fourth-order valence-electron chi connectivity index (χ4n) is 2.34. The second kappa shape index (κ2) is 6.70. The van der Waals surface area contributed by atoms with Gasteiger partial charge in [0.1, 0.15) is 5.82 Å². The van der Waals surface area contributed by atoms with Crippen molar-refractivity contribution in [2.24, 2.45) is 0 Å². The SMILES string of the molecule is CN(C(=O)c1cccc(NC(=O)NC2CC2)c1)c1ccccc1F. The van der Waals surface area contributed by atoms with Crippen LogP contribution in [-0.4, -0.2) is 25.0 Å². The number of anilines is 2. The Morgan fingerprint density at radius 1 is 1.12 bits per heavy atom. The van der Waals surface area contributed by atoms with Gasteiger partial charge in [-0.05, 0) is 43.2 Å². The summed E-state index contributed by atoms with van der Waals surface area (Å²) in [7, 11) is 1.51. The fraction of sp³-hybridized carbons (Fsp3) is 0.222. The van der Waals surface area contributed by atoms with E-state index in [2.05, 4.69) is 10.6 Å². The van der Waals surface area contributed by atoms with E-state index in [1.54, 1.807) is 42.5 Å². The average molecular weight is 327 g/mol. The first-order valence-electron chi connectivity index (χ1n) is 7.75. The van der Waals surface area contributed by atoms with Crippen LogP contribution in [0.4, 0.5) is 20.6 Å². The van der Waals surface area contributed by atoms with Gasteiger partial charge in [-0.3, -0.25) is 4.79 Å². The topological polar surface area (TPSA) is 61.4 Å². The molecule has 3 rings (SSSR count). The summed E-state index contributed by atoms with van der Waals surface area (Å²) >= 11 is 0. The molecule has 1 aliphatic rings. The van der Waals surface area contributed by atoms with Crippen molar-refractivity contribution >= 4 is 23.3 Å². The number of urea groups is 1. The third-order valence-corrected chi connectivity index (χ3v) is 3.80. The molecule has 0 heterocycles. The highest BCUT2D eigenvalue weighted by atomic mass is 19.1. The number of carbonyl (C=O) groups is 2. The quantitative estimate of drug-likeness (QED) is 0.904. The van der Waals surface area contributed by atoms with Gasteiger partial charge in [-0.2, -0.15) is 0 Å². The Morgan fingerprint density at radius 2 is 1.88 bits per heavy atom. The van der Waals surface area contributed by atoms with Gasteiger partial charge in [0.25, 0.3) is 5.91 Å². The molecule has 0 bridgehead atoms. The van der Waals surface area contributed by atoms with E-state index in [1.807, 2.05) is 0 Å². The van der Waals surface area contributed by atoms with E-state index in [1.165, 1.54) is 18.0 Å². The van der Waals surface area contributed by atoms with Gasteiger partial charge in [0, 0.05) is 24.3 Å². The van der Waals surface area contributed by atoms with Gasteiger partial charge >= 0.3 is 6.03 Å². The minimum atomic E-state index is -0.466. The zero-order valence-electron chi connectivity index (χ0n) is 13.3. The number of para-hydroxylation sites is 1. The van der Waals surface area contributed by atoms with Gasteiger partial charge in [-0.25, -0.2) is 9.18 Å². The van der Waals surface area contributed by atoms with Crippen molar-refractivity contribution in [2.75, 3.05) is 17.3 Å². The monoisotopic (exact) mass is 327 g/mol. The summed E-state index contributed by atoms with van der Waals surface area (Å²) in [6.07, 6.45) is 2.00. The number of amides is 3. The zero-order valence-corrected chi connectivity index (χ0v) is 13.3. The summed E-state index contributed by atoms with van der Waals surface area (Å²) < 4.78 is 13.8. The Hall–Kier alpha value is -2.89. The number of benzene rings is 2. The molecule has 0 atom stereocenters. The average Bonchev–Trinajstić information content (AvgIpc) is 3.38. The fourth-order valence-corrected chi connectivity index (χ4v) is 2.34. The predicted octanol–water partition coefficient (Wildman–Crippen LogP) is 3.39. The number of halogens is 1. The normalized spacial score (nSPS) is 13.2. The Bertz CT molecular complexity index is 774. The molecule has 1 fully saturated rings. The lowest BCUT2D eigenvalue weighted by molar-refractivity contribution is 0.0992. The molecule has 2 aromatic rings. The van der Waals surface area contributed by atoms with Crippen LogP contribution in [0.5, 0.6) is 0 Å². The highest BCUT2D eigenvalue weighted by Crippen LogP contribution is 2.21. The zero-order chi connectivity index (χ0) is 17.1. The van der Waals surface area contributed by atoms with Crippen LogP contribution in [0.2, 0.25) is 0 Å².